The Bertz CT molecular complexity index is 473. The molecule has 1 saturated carbocycles. The lowest BCUT2D eigenvalue weighted by Crippen LogP contribution is -2.51. The molecule has 22 heavy (non-hydrogen) atoms. The Kier molecular flexibility index (Phi) is 5.07. The second kappa shape index (κ2) is 6.66. The summed E-state index contributed by atoms with van der Waals surface area (Å²) in [6, 6.07) is 2.24. The van der Waals surface area contributed by atoms with Gasteiger partial charge in [0.05, 0.1) is 12.6 Å². The minimum atomic E-state index is -0.726. The van der Waals surface area contributed by atoms with Gasteiger partial charge in [-0.25, -0.2) is 0 Å². The maximum absolute atomic E-state index is 12.2. The van der Waals surface area contributed by atoms with E-state index >= 15 is 0 Å². The third kappa shape index (κ3) is 3.98. The smallest absolute Gasteiger partial charge is 0.235 e. The minimum Gasteiger partial charge on any atom is -0.349 e. The summed E-state index contributed by atoms with van der Waals surface area (Å²) in [6.07, 6.45) is 3.62. The van der Waals surface area contributed by atoms with Crippen molar-refractivity contribution < 1.29 is 9.59 Å². The topological polar surface area (TPSA) is 76.4 Å². The summed E-state index contributed by atoms with van der Waals surface area (Å²) in [5, 5.41) is 12.2. The van der Waals surface area contributed by atoms with E-state index in [0.717, 1.165) is 38.8 Å². The van der Waals surface area contributed by atoms with Crippen molar-refractivity contribution in [1.82, 2.24) is 15.1 Å². The van der Waals surface area contributed by atoms with Crippen LogP contribution in [0.3, 0.4) is 0 Å². The molecule has 1 N–H and O–H groups in total. The van der Waals surface area contributed by atoms with Gasteiger partial charge in [0.1, 0.15) is 5.54 Å². The molecule has 1 heterocycles. The van der Waals surface area contributed by atoms with Crippen LogP contribution in [-0.2, 0) is 9.59 Å². The zero-order valence-electron chi connectivity index (χ0n) is 13.8. The van der Waals surface area contributed by atoms with Crippen molar-refractivity contribution >= 4 is 11.8 Å². The fraction of sp³-hybridized carbons (Fsp3) is 0.812. The highest BCUT2D eigenvalue weighted by molar-refractivity contribution is 5.80. The van der Waals surface area contributed by atoms with Crippen molar-refractivity contribution in [3.63, 3.8) is 0 Å². The fourth-order valence-corrected chi connectivity index (χ4v) is 3.12. The average Bonchev–Trinajstić information content (AvgIpc) is 3.32. The fourth-order valence-electron chi connectivity index (χ4n) is 3.12. The molecule has 0 spiro atoms. The van der Waals surface area contributed by atoms with Gasteiger partial charge in [0, 0.05) is 20.0 Å². The number of nitrogens with one attached hydrogen (secondary N) is 1. The van der Waals surface area contributed by atoms with Crippen LogP contribution in [-0.4, -0.2) is 60.9 Å². The van der Waals surface area contributed by atoms with Crippen LogP contribution in [0.25, 0.3) is 0 Å². The summed E-state index contributed by atoms with van der Waals surface area (Å²) in [5.41, 5.74) is -0.726. The van der Waals surface area contributed by atoms with E-state index in [4.69, 9.17) is 0 Å². The summed E-state index contributed by atoms with van der Waals surface area (Å²) in [6.45, 7) is 3.63. The largest absolute Gasteiger partial charge is 0.349 e. The van der Waals surface area contributed by atoms with E-state index in [1.54, 1.807) is 19.0 Å². The summed E-state index contributed by atoms with van der Waals surface area (Å²) in [7, 11) is 3.56. The molecule has 1 unspecified atom stereocenters. The molecular formula is C16H26N4O2. The normalized spacial score (nSPS) is 22.5. The number of nitrogens with zero attached hydrogens (tertiary/aromatic N) is 3. The highest BCUT2D eigenvalue weighted by Gasteiger charge is 2.43. The maximum atomic E-state index is 12.2. The first kappa shape index (κ1) is 16.8. The molecule has 1 aliphatic carbocycles. The number of nitriles is 1. The zero-order chi connectivity index (χ0) is 16.3. The molecule has 0 radical (unpaired) electrons. The Labute approximate surface area is 132 Å². The van der Waals surface area contributed by atoms with Crippen molar-refractivity contribution in [3.8, 4) is 6.07 Å². The van der Waals surface area contributed by atoms with Gasteiger partial charge in [0.15, 0.2) is 0 Å². The number of piperidine rings is 1. The van der Waals surface area contributed by atoms with Crippen LogP contribution < -0.4 is 5.32 Å². The zero-order valence-corrected chi connectivity index (χ0v) is 13.8. The molecule has 0 bridgehead atoms. The quantitative estimate of drug-likeness (QED) is 0.807. The Hall–Kier alpha value is -1.61. The van der Waals surface area contributed by atoms with E-state index in [-0.39, 0.29) is 17.7 Å². The maximum Gasteiger partial charge on any atom is 0.235 e. The van der Waals surface area contributed by atoms with Crippen LogP contribution in [0.1, 0.15) is 32.6 Å². The summed E-state index contributed by atoms with van der Waals surface area (Å²) < 4.78 is 0. The van der Waals surface area contributed by atoms with Crippen LogP contribution in [0.15, 0.2) is 0 Å². The van der Waals surface area contributed by atoms with Crippen molar-refractivity contribution in [3.05, 3.63) is 0 Å². The van der Waals surface area contributed by atoms with Gasteiger partial charge in [-0.1, -0.05) is 0 Å². The average molecular weight is 306 g/mol. The molecule has 0 aromatic carbocycles. The first-order valence-corrected chi connectivity index (χ1v) is 8.01. The van der Waals surface area contributed by atoms with Crippen LogP contribution in [0.5, 0.6) is 0 Å². The number of amides is 2. The van der Waals surface area contributed by atoms with Gasteiger partial charge < -0.3 is 10.2 Å². The summed E-state index contributed by atoms with van der Waals surface area (Å²) >= 11 is 0. The lowest BCUT2D eigenvalue weighted by Gasteiger charge is -2.32. The molecule has 2 amide bonds. The molecule has 6 heteroatoms. The first-order chi connectivity index (χ1) is 10.4. The van der Waals surface area contributed by atoms with Gasteiger partial charge in [-0.15, -0.1) is 0 Å². The molecule has 1 atom stereocenters. The molecule has 2 rings (SSSR count). The molecule has 122 valence electrons. The monoisotopic (exact) mass is 306 g/mol. The Morgan fingerprint density at radius 3 is 2.32 bits per heavy atom. The molecule has 1 aliphatic heterocycles. The highest BCUT2D eigenvalue weighted by atomic mass is 16.2. The minimum absolute atomic E-state index is 0.0742. The van der Waals surface area contributed by atoms with Crippen LogP contribution in [0.4, 0.5) is 0 Å². The Morgan fingerprint density at radius 1 is 1.27 bits per heavy atom. The van der Waals surface area contributed by atoms with Gasteiger partial charge in [-0.3, -0.25) is 14.5 Å². The van der Waals surface area contributed by atoms with E-state index in [0.29, 0.717) is 12.5 Å². The number of rotatable bonds is 5. The predicted octanol–water partition coefficient (Wildman–Crippen LogP) is 0.595. The van der Waals surface area contributed by atoms with Gasteiger partial charge in [-0.05, 0) is 51.6 Å². The first-order valence-electron chi connectivity index (χ1n) is 8.01. The van der Waals surface area contributed by atoms with Crippen LogP contribution >= 0.6 is 0 Å². The van der Waals surface area contributed by atoms with Gasteiger partial charge in [0.2, 0.25) is 11.8 Å². The second-order valence-electron chi connectivity index (χ2n) is 6.92. The molecule has 2 aliphatic rings. The van der Waals surface area contributed by atoms with Gasteiger partial charge in [-0.2, -0.15) is 5.26 Å². The molecular weight excluding hydrogens is 280 g/mol. The third-order valence-corrected chi connectivity index (χ3v) is 4.77. The van der Waals surface area contributed by atoms with Gasteiger partial charge >= 0.3 is 0 Å². The predicted molar refractivity (Wildman–Crippen MR) is 82.7 cm³/mol. The van der Waals surface area contributed by atoms with Crippen molar-refractivity contribution in [1.29, 1.82) is 5.26 Å². The lowest BCUT2D eigenvalue weighted by atomic mass is 9.95. The third-order valence-electron chi connectivity index (χ3n) is 4.77. The van der Waals surface area contributed by atoms with Crippen LogP contribution in [0, 0.1) is 23.2 Å². The molecule has 2 fully saturated rings. The van der Waals surface area contributed by atoms with Crippen molar-refractivity contribution in [2.24, 2.45) is 11.8 Å². The Balaban J connectivity index is 1.77. The molecule has 6 nitrogen and oxygen atoms in total. The number of carbonyl (C=O) groups excluding carboxylic acids is 2. The molecule has 0 aromatic heterocycles. The number of carbonyl (C=O) groups is 2. The number of likely N-dealkylation sites (tertiary alicyclic amines) is 1. The standard InChI is InChI=1S/C16H26N4O2/c1-16(11-17,13-4-5-13)18-14(21)10-20-8-6-12(7-9-20)15(22)19(2)3/h12-13H,4-10H2,1-3H3,(H,18,21). The van der Waals surface area contributed by atoms with Crippen molar-refractivity contribution in [2.75, 3.05) is 33.7 Å². The molecule has 1 saturated heterocycles. The van der Waals surface area contributed by atoms with Gasteiger partial charge in [0.25, 0.3) is 0 Å². The van der Waals surface area contributed by atoms with E-state index in [2.05, 4.69) is 16.3 Å². The SMILES string of the molecule is CN(C)C(=O)C1CCN(CC(=O)NC(C)(C#N)C2CC2)CC1. The summed E-state index contributed by atoms with van der Waals surface area (Å²) in [5.74, 6) is 0.457. The van der Waals surface area contributed by atoms with E-state index in [1.807, 2.05) is 6.92 Å². The van der Waals surface area contributed by atoms with E-state index in [1.165, 1.54) is 0 Å². The van der Waals surface area contributed by atoms with Crippen LogP contribution in [0.2, 0.25) is 0 Å². The number of hydrogen-bond acceptors (Lipinski definition) is 4. The molecule has 0 aromatic rings. The Morgan fingerprint density at radius 2 is 1.86 bits per heavy atom. The summed E-state index contributed by atoms with van der Waals surface area (Å²) in [4.78, 5) is 27.8. The lowest BCUT2D eigenvalue weighted by molar-refractivity contribution is -0.134. The number of hydrogen-bond donors (Lipinski definition) is 1. The highest BCUT2D eigenvalue weighted by Crippen LogP contribution is 2.39. The van der Waals surface area contributed by atoms with Crippen molar-refractivity contribution in [2.45, 2.75) is 38.1 Å². The van der Waals surface area contributed by atoms with E-state index < -0.39 is 5.54 Å². The second-order valence-corrected chi connectivity index (χ2v) is 6.92. The van der Waals surface area contributed by atoms with E-state index in [9.17, 15) is 14.9 Å².